The maximum Gasteiger partial charge on any atom is 0.264 e. The molecule has 6 nitrogen and oxygen atoms in total. The molecule has 0 saturated heterocycles. The third-order valence-electron chi connectivity index (χ3n) is 6.38. The monoisotopic (exact) mass is 547 g/mol. The van der Waals surface area contributed by atoms with Gasteiger partial charge in [-0.3, -0.25) is 9.59 Å². The number of rotatable bonds is 14. The van der Waals surface area contributed by atoms with Crippen molar-refractivity contribution in [1.29, 1.82) is 0 Å². The highest BCUT2D eigenvalue weighted by atomic mass is 32.1. The van der Waals surface area contributed by atoms with Gasteiger partial charge in [-0.2, -0.15) is 0 Å². The molecule has 2 aromatic heterocycles. The second kappa shape index (κ2) is 14.4. The predicted octanol–water partition coefficient (Wildman–Crippen LogP) is 5.83. The first-order valence-electron chi connectivity index (χ1n) is 13.1. The van der Waals surface area contributed by atoms with Crippen LogP contribution in [0, 0.1) is 5.82 Å². The highest BCUT2D eigenvalue weighted by Gasteiger charge is 2.24. The Labute approximate surface area is 233 Å². The van der Waals surface area contributed by atoms with Gasteiger partial charge in [0.1, 0.15) is 12.4 Å². The number of carbonyl (C=O) groups excluding carboxylic acids is 2. The summed E-state index contributed by atoms with van der Waals surface area (Å²) in [5.74, 6) is -0.544. The minimum atomic E-state index is -0.269. The molecule has 2 aromatic carbocycles. The van der Waals surface area contributed by atoms with Gasteiger partial charge in [0.2, 0.25) is 5.91 Å². The number of thiophene rings is 1. The molecule has 4 aromatic rings. The maximum atomic E-state index is 13.8. The lowest BCUT2D eigenvalue weighted by Gasteiger charge is -2.28. The minimum Gasteiger partial charge on any atom is -0.382 e. The van der Waals surface area contributed by atoms with Gasteiger partial charge in [-0.1, -0.05) is 48.5 Å². The van der Waals surface area contributed by atoms with E-state index in [0.717, 1.165) is 16.8 Å². The van der Waals surface area contributed by atoms with E-state index in [9.17, 15) is 14.0 Å². The summed E-state index contributed by atoms with van der Waals surface area (Å²) in [7, 11) is 0. The third-order valence-corrected chi connectivity index (χ3v) is 7.24. The van der Waals surface area contributed by atoms with Gasteiger partial charge in [-0.25, -0.2) is 4.39 Å². The van der Waals surface area contributed by atoms with Gasteiger partial charge in [0.05, 0.1) is 11.4 Å². The highest BCUT2D eigenvalue weighted by molar-refractivity contribution is 7.12. The second-order valence-corrected chi connectivity index (χ2v) is 10.2. The van der Waals surface area contributed by atoms with Gasteiger partial charge in [0.15, 0.2) is 0 Å². The number of halogens is 1. The van der Waals surface area contributed by atoms with E-state index in [0.29, 0.717) is 50.7 Å². The summed E-state index contributed by atoms with van der Waals surface area (Å²) >= 11 is 1.37. The van der Waals surface area contributed by atoms with Gasteiger partial charge in [0, 0.05) is 44.7 Å². The zero-order valence-corrected chi connectivity index (χ0v) is 23.0. The van der Waals surface area contributed by atoms with Crippen LogP contribution in [-0.4, -0.2) is 52.5 Å². The average Bonchev–Trinajstić information content (AvgIpc) is 3.64. The topological polar surface area (TPSA) is 54.8 Å². The van der Waals surface area contributed by atoms with E-state index < -0.39 is 0 Å². The molecule has 0 aliphatic rings. The van der Waals surface area contributed by atoms with Crippen LogP contribution < -0.4 is 0 Å². The van der Waals surface area contributed by atoms with E-state index in [4.69, 9.17) is 4.74 Å². The van der Waals surface area contributed by atoms with Crippen LogP contribution in [0.15, 0.2) is 90.4 Å². The van der Waals surface area contributed by atoms with E-state index in [1.165, 1.54) is 23.5 Å². The largest absolute Gasteiger partial charge is 0.382 e. The molecule has 0 fully saturated rings. The van der Waals surface area contributed by atoms with Gasteiger partial charge in [-0.15, -0.1) is 11.3 Å². The predicted molar refractivity (Wildman–Crippen MR) is 152 cm³/mol. The number of nitrogens with zero attached hydrogens (tertiary/aromatic N) is 3. The van der Waals surface area contributed by atoms with Crippen LogP contribution in [0.5, 0.6) is 0 Å². The fourth-order valence-corrected chi connectivity index (χ4v) is 5.03. The van der Waals surface area contributed by atoms with Crippen LogP contribution in [0.3, 0.4) is 0 Å². The van der Waals surface area contributed by atoms with Gasteiger partial charge < -0.3 is 19.1 Å². The van der Waals surface area contributed by atoms with Crippen molar-refractivity contribution in [3.63, 3.8) is 0 Å². The molecular formula is C31H34FN3O3S. The number of carbonyl (C=O) groups is 2. The van der Waals surface area contributed by atoms with Crippen LogP contribution >= 0.6 is 11.3 Å². The molecule has 4 rings (SSSR count). The van der Waals surface area contributed by atoms with Gasteiger partial charge >= 0.3 is 0 Å². The van der Waals surface area contributed by atoms with Gasteiger partial charge in [-0.05, 0) is 60.2 Å². The molecule has 204 valence electrons. The molecule has 0 bridgehead atoms. The van der Waals surface area contributed by atoms with Crippen LogP contribution in [0.25, 0.3) is 0 Å². The van der Waals surface area contributed by atoms with Crippen molar-refractivity contribution in [2.75, 3.05) is 26.3 Å². The molecule has 8 heteroatoms. The smallest absolute Gasteiger partial charge is 0.264 e. The van der Waals surface area contributed by atoms with Crippen LogP contribution in [0.1, 0.15) is 39.8 Å². The summed E-state index contributed by atoms with van der Waals surface area (Å²) in [6, 6.07) is 23.9. The molecule has 0 spiro atoms. The number of hydrogen-bond acceptors (Lipinski definition) is 4. The first-order chi connectivity index (χ1) is 19.0. The molecule has 39 heavy (non-hydrogen) atoms. The Bertz CT molecular complexity index is 1310. The molecular weight excluding hydrogens is 513 g/mol. The average molecular weight is 548 g/mol. The van der Waals surface area contributed by atoms with E-state index >= 15 is 0 Å². The zero-order valence-electron chi connectivity index (χ0n) is 22.2. The van der Waals surface area contributed by atoms with Crippen molar-refractivity contribution >= 4 is 23.2 Å². The molecule has 2 heterocycles. The standard InChI is InChI=1S/C31H34FN3O3S/c1-2-38-19-8-18-34(31(37)29-12-7-20-39-29)24-30(36)35(22-25-9-4-3-5-10-25)23-28-11-6-17-33(28)21-26-13-15-27(32)16-14-26/h3-7,9-17,20H,2,8,18-19,21-24H2,1H3. The molecule has 0 aliphatic carbocycles. The van der Waals surface area contributed by atoms with Crippen LogP contribution in [-0.2, 0) is 29.2 Å². The number of benzene rings is 2. The van der Waals surface area contributed by atoms with E-state index in [-0.39, 0.29) is 24.2 Å². The summed E-state index contributed by atoms with van der Waals surface area (Å²) < 4.78 is 20.9. The van der Waals surface area contributed by atoms with Crippen molar-refractivity contribution in [3.8, 4) is 0 Å². The number of amides is 2. The second-order valence-electron chi connectivity index (χ2n) is 9.24. The number of aromatic nitrogens is 1. The number of hydrogen-bond donors (Lipinski definition) is 0. The van der Waals surface area contributed by atoms with Crippen molar-refractivity contribution < 1.29 is 18.7 Å². The Kier molecular flexibility index (Phi) is 10.4. The number of ether oxygens (including phenoxy) is 1. The Morgan fingerprint density at radius 2 is 1.69 bits per heavy atom. The lowest BCUT2D eigenvalue weighted by molar-refractivity contribution is -0.133. The van der Waals surface area contributed by atoms with E-state index in [1.54, 1.807) is 28.0 Å². The summed E-state index contributed by atoms with van der Waals surface area (Å²) in [6.45, 7) is 4.85. The minimum absolute atomic E-state index is 0.0195. The van der Waals surface area contributed by atoms with Crippen molar-refractivity contribution in [1.82, 2.24) is 14.4 Å². The highest BCUT2D eigenvalue weighted by Crippen LogP contribution is 2.17. The first kappa shape index (κ1) is 28.3. The van der Waals surface area contributed by atoms with Crippen molar-refractivity contribution in [3.05, 3.63) is 118 Å². The quantitative estimate of drug-likeness (QED) is 0.187. The van der Waals surface area contributed by atoms with E-state index in [1.807, 2.05) is 67.0 Å². The summed E-state index contributed by atoms with van der Waals surface area (Å²) in [4.78, 5) is 31.1. The molecule has 0 radical (unpaired) electrons. The fourth-order valence-electron chi connectivity index (χ4n) is 4.34. The van der Waals surface area contributed by atoms with Crippen molar-refractivity contribution in [2.24, 2.45) is 0 Å². The molecule has 0 N–H and O–H groups in total. The lowest BCUT2D eigenvalue weighted by Crippen LogP contribution is -2.43. The molecule has 0 saturated carbocycles. The molecule has 0 aliphatic heterocycles. The summed E-state index contributed by atoms with van der Waals surface area (Å²) in [5.41, 5.74) is 2.93. The Morgan fingerprint density at radius 1 is 0.897 bits per heavy atom. The molecule has 0 atom stereocenters. The summed E-state index contributed by atoms with van der Waals surface area (Å²) in [6.07, 6.45) is 2.61. The SMILES string of the molecule is CCOCCCN(CC(=O)N(Cc1ccccc1)Cc1cccn1Cc1ccc(F)cc1)C(=O)c1cccs1. The third kappa shape index (κ3) is 8.37. The summed E-state index contributed by atoms with van der Waals surface area (Å²) in [5, 5.41) is 1.87. The van der Waals surface area contributed by atoms with Gasteiger partial charge in [0.25, 0.3) is 5.91 Å². The molecule has 2 amide bonds. The maximum absolute atomic E-state index is 13.8. The zero-order chi connectivity index (χ0) is 27.5. The Morgan fingerprint density at radius 3 is 2.41 bits per heavy atom. The Balaban J connectivity index is 1.53. The molecule has 0 unspecified atom stereocenters. The fraction of sp³-hybridized carbons (Fsp3) is 0.290. The lowest BCUT2D eigenvalue weighted by atomic mass is 10.2. The van der Waals surface area contributed by atoms with Crippen molar-refractivity contribution in [2.45, 2.75) is 33.0 Å². The van der Waals surface area contributed by atoms with E-state index in [2.05, 4.69) is 4.57 Å². The van der Waals surface area contributed by atoms with Crippen LogP contribution in [0.2, 0.25) is 0 Å². The Hall–Kier alpha value is -3.75. The first-order valence-corrected chi connectivity index (χ1v) is 14.0. The normalized spacial score (nSPS) is 10.9. The van der Waals surface area contributed by atoms with Crippen LogP contribution in [0.4, 0.5) is 4.39 Å².